The number of carbonyl (C=O) groups excluding carboxylic acids is 1. The molecule has 0 spiro atoms. The zero-order chi connectivity index (χ0) is 16.9. The molecule has 9 heteroatoms. The predicted molar refractivity (Wildman–Crippen MR) is 76.0 cm³/mol. The van der Waals surface area contributed by atoms with Crippen LogP contribution in [0.4, 0.5) is 13.2 Å². The first kappa shape index (κ1) is 15.9. The summed E-state index contributed by atoms with van der Waals surface area (Å²) in [6.07, 6.45) is -0.151. The van der Waals surface area contributed by atoms with E-state index >= 15 is 0 Å². The molecule has 1 amide bonds. The molecule has 1 aliphatic carbocycles. The number of likely N-dealkylation sites (tertiary alicyclic amines) is 2. The van der Waals surface area contributed by atoms with E-state index in [1.165, 1.54) is 0 Å². The molecule has 0 radical (unpaired) electrons. The van der Waals surface area contributed by atoms with Crippen molar-refractivity contribution in [3.8, 4) is 0 Å². The normalized spacial score (nSPS) is 29.0. The number of hydrogen-bond acceptors (Lipinski definition) is 5. The molecule has 4 rings (SSSR count). The van der Waals surface area contributed by atoms with Crippen LogP contribution in [0.3, 0.4) is 0 Å². The molecule has 0 bridgehead atoms. The lowest BCUT2D eigenvalue weighted by Crippen LogP contribution is -2.43. The molecule has 0 N–H and O–H groups in total. The van der Waals surface area contributed by atoms with Crippen LogP contribution >= 0.6 is 0 Å². The summed E-state index contributed by atoms with van der Waals surface area (Å²) in [6, 6.07) is -0.649. The van der Waals surface area contributed by atoms with E-state index in [1.54, 1.807) is 0 Å². The predicted octanol–water partition coefficient (Wildman–Crippen LogP) is 2.25. The Labute approximate surface area is 137 Å². The fourth-order valence-corrected chi connectivity index (χ4v) is 3.72. The van der Waals surface area contributed by atoms with Crippen molar-refractivity contribution in [1.29, 1.82) is 0 Å². The lowest BCUT2D eigenvalue weighted by molar-refractivity contribution is -0.159. The average molecular weight is 344 g/mol. The van der Waals surface area contributed by atoms with Gasteiger partial charge in [-0.05, 0) is 38.6 Å². The van der Waals surface area contributed by atoms with E-state index in [1.807, 2.05) is 4.90 Å². The molecule has 2 saturated heterocycles. The maximum Gasteiger partial charge on any atom is 0.406 e. The monoisotopic (exact) mass is 344 g/mol. The van der Waals surface area contributed by atoms with E-state index in [2.05, 4.69) is 10.1 Å². The molecular formula is C15H19F3N4O2. The fraction of sp³-hybridized carbons (Fsp3) is 0.800. The summed E-state index contributed by atoms with van der Waals surface area (Å²) in [4.78, 5) is 19.7. The van der Waals surface area contributed by atoms with Gasteiger partial charge in [-0.3, -0.25) is 9.69 Å². The second kappa shape index (κ2) is 5.72. The van der Waals surface area contributed by atoms with E-state index in [9.17, 15) is 18.0 Å². The van der Waals surface area contributed by atoms with Crippen molar-refractivity contribution >= 4 is 5.91 Å². The van der Waals surface area contributed by atoms with Gasteiger partial charge >= 0.3 is 6.18 Å². The number of nitrogens with zero attached hydrogens (tertiary/aromatic N) is 4. The van der Waals surface area contributed by atoms with Crippen molar-refractivity contribution in [1.82, 2.24) is 19.9 Å². The third-order valence-electron chi connectivity index (χ3n) is 5.02. The minimum atomic E-state index is -4.36. The van der Waals surface area contributed by atoms with E-state index in [0.29, 0.717) is 30.6 Å². The van der Waals surface area contributed by atoms with Crippen molar-refractivity contribution in [2.75, 3.05) is 19.6 Å². The van der Waals surface area contributed by atoms with Crippen LogP contribution in [0.15, 0.2) is 4.52 Å². The van der Waals surface area contributed by atoms with Crippen molar-refractivity contribution in [2.45, 2.75) is 56.3 Å². The topological polar surface area (TPSA) is 62.5 Å². The number of alkyl halides is 3. The van der Waals surface area contributed by atoms with Crippen LogP contribution in [-0.2, 0) is 4.79 Å². The minimum Gasteiger partial charge on any atom is -0.339 e. The van der Waals surface area contributed by atoms with E-state index < -0.39 is 24.7 Å². The molecule has 132 valence electrons. The Morgan fingerprint density at radius 2 is 1.92 bits per heavy atom. The SMILES string of the molecule is O=C1[C@@H](N2CCC[C@H]2c2noc(C3CC3)n2)CCN1CC(F)(F)F. The smallest absolute Gasteiger partial charge is 0.339 e. The molecule has 3 fully saturated rings. The summed E-state index contributed by atoms with van der Waals surface area (Å²) in [5, 5.41) is 4.05. The second-order valence-corrected chi connectivity index (χ2v) is 6.84. The Morgan fingerprint density at radius 1 is 1.12 bits per heavy atom. The molecule has 2 atom stereocenters. The number of halogens is 3. The van der Waals surface area contributed by atoms with Crippen LogP contribution < -0.4 is 0 Å². The number of rotatable bonds is 4. The van der Waals surface area contributed by atoms with Crippen molar-refractivity contribution in [2.24, 2.45) is 0 Å². The highest BCUT2D eigenvalue weighted by Gasteiger charge is 2.45. The van der Waals surface area contributed by atoms with E-state index in [0.717, 1.165) is 30.6 Å². The molecule has 6 nitrogen and oxygen atoms in total. The summed E-state index contributed by atoms with van der Waals surface area (Å²) in [6.45, 7) is -0.352. The molecule has 0 unspecified atom stereocenters. The number of aromatic nitrogens is 2. The molecule has 1 aromatic rings. The maximum atomic E-state index is 12.6. The maximum absolute atomic E-state index is 12.6. The van der Waals surface area contributed by atoms with Gasteiger partial charge in [0.1, 0.15) is 6.54 Å². The zero-order valence-corrected chi connectivity index (χ0v) is 13.1. The summed E-state index contributed by atoms with van der Waals surface area (Å²) in [5.74, 6) is 1.13. The van der Waals surface area contributed by atoms with Crippen LogP contribution in [-0.4, -0.2) is 57.7 Å². The van der Waals surface area contributed by atoms with Gasteiger partial charge in [-0.1, -0.05) is 5.16 Å². The van der Waals surface area contributed by atoms with Crippen LogP contribution in [0, 0.1) is 0 Å². The van der Waals surface area contributed by atoms with Gasteiger partial charge in [0.2, 0.25) is 11.8 Å². The second-order valence-electron chi connectivity index (χ2n) is 6.84. The van der Waals surface area contributed by atoms with E-state index in [4.69, 9.17) is 4.52 Å². The molecule has 0 aromatic carbocycles. The first-order chi connectivity index (χ1) is 11.4. The van der Waals surface area contributed by atoms with Crippen molar-refractivity contribution in [3.63, 3.8) is 0 Å². The largest absolute Gasteiger partial charge is 0.406 e. The highest BCUT2D eigenvalue weighted by Crippen LogP contribution is 2.41. The van der Waals surface area contributed by atoms with Crippen molar-refractivity contribution < 1.29 is 22.5 Å². The van der Waals surface area contributed by atoms with Gasteiger partial charge in [0, 0.05) is 12.5 Å². The number of carbonyl (C=O) groups is 1. The van der Waals surface area contributed by atoms with Gasteiger partial charge in [0.05, 0.1) is 12.1 Å². The summed E-state index contributed by atoms with van der Waals surface area (Å²) in [7, 11) is 0. The third kappa shape index (κ3) is 3.01. The number of hydrogen-bond donors (Lipinski definition) is 0. The molecular weight excluding hydrogens is 325 g/mol. The summed E-state index contributed by atoms with van der Waals surface area (Å²) in [5.41, 5.74) is 0. The third-order valence-corrected chi connectivity index (χ3v) is 5.02. The van der Waals surface area contributed by atoms with Crippen LogP contribution in [0.5, 0.6) is 0 Å². The van der Waals surface area contributed by atoms with Gasteiger partial charge in [-0.2, -0.15) is 18.2 Å². The highest BCUT2D eigenvalue weighted by molar-refractivity contribution is 5.84. The number of amides is 1. The standard InChI is InChI=1S/C15H19F3N4O2/c16-15(17,18)8-21-7-5-11(14(21)23)22-6-1-2-10(22)12-19-13(24-20-12)9-3-4-9/h9-11H,1-8H2/t10-,11-/m0/s1. The lowest BCUT2D eigenvalue weighted by atomic mass is 10.1. The van der Waals surface area contributed by atoms with Gasteiger partial charge in [0.25, 0.3) is 0 Å². The fourth-order valence-electron chi connectivity index (χ4n) is 3.72. The minimum absolute atomic E-state index is 0.138. The van der Waals surface area contributed by atoms with Gasteiger partial charge in [0.15, 0.2) is 5.82 Å². The first-order valence-electron chi connectivity index (χ1n) is 8.37. The summed E-state index contributed by atoms with van der Waals surface area (Å²) < 4.78 is 43.0. The van der Waals surface area contributed by atoms with Crippen molar-refractivity contribution in [3.05, 3.63) is 11.7 Å². The van der Waals surface area contributed by atoms with Gasteiger partial charge < -0.3 is 9.42 Å². The van der Waals surface area contributed by atoms with Crippen LogP contribution in [0.1, 0.15) is 55.8 Å². The first-order valence-corrected chi connectivity index (χ1v) is 8.37. The Bertz CT molecular complexity index is 628. The van der Waals surface area contributed by atoms with Gasteiger partial charge in [-0.15, -0.1) is 0 Å². The molecule has 24 heavy (non-hydrogen) atoms. The molecule has 2 aliphatic heterocycles. The Balaban J connectivity index is 1.47. The molecule has 3 aliphatic rings. The molecule has 3 heterocycles. The highest BCUT2D eigenvalue weighted by atomic mass is 19.4. The van der Waals surface area contributed by atoms with E-state index in [-0.39, 0.29) is 12.6 Å². The Morgan fingerprint density at radius 3 is 2.62 bits per heavy atom. The quantitative estimate of drug-likeness (QED) is 0.838. The summed E-state index contributed by atoms with van der Waals surface area (Å²) >= 11 is 0. The average Bonchev–Trinajstić information content (AvgIpc) is 2.93. The zero-order valence-electron chi connectivity index (χ0n) is 13.1. The lowest BCUT2D eigenvalue weighted by Gasteiger charge is -2.27. The van der Waals surface area contributed by atoms with Crippen LogP contribution in [0.2, 0.25) is 0 Å². The Kier molecular flexibility index (Phi) is 3.78. The molecule has 1 aromatic heterocycles. The Hall–Kier alpha value is -1.64. The van der Waals surface area contributed by atoms with Gasteiger partial charge in [-0.25, -0.2) is 0 Å². The van der Waals surface area contributed by atoms with Crippen LogP contribution in [0.25, 0.3) is 0 Å². The molecule has 1 saturated carbocycles.